The monoisotopic (exact) mass is 716 g/mol. The van der Waals surface area contributed by atoms with E-state index in [2.05, 4.69) is 138 Å². The van der Waals surface area contributed by atoms with E-state index in [0.717, 1.165) is 72.6 Å². The third-order valence-corrected chi connectivity index (χ3v) is 10.6. The van der Waals surface area contributed by atoms with Gasteiger partial charge in [-0.25, -0.2) is 15.0 Å². The number of rotatable bonds is 6. The Labute approximate surface area is 322 Å². The molecule has 8 aromatic carbocycles. The van der Waals surface area contributed by atoms with Crippen LogP contribution in [-0.4, -0.2) is 19.5 Å². The Kier molecular flexibility index (Phi) is 7.42. The molecule has 0 saturated heterocycles. The summed E-state index contributed by atoms with van der Waals surface area (Å²) in [6.07, 6.45) is 0. The van der Waals surface area contributed by atoms with Crippen LogP contribution >= 0.6 is 0 Å². The van der Waals surface area contributed by atoms with E-state index in [4.69, 9.17) is 19.4 Å². The number of benzene rings is 8. The summed E-state index contributed by atoms with van der Waals surface area (Å²) < 4.78 is 8.54. The van der Waals surface area contributed by atoms with Crippen molar-refractivity contribution in [2.75, 3.05) is 0 Å². The number of oxazole rings is 1. The van der Waals surface area contributed by atoms with Crippen LogP contribution in [0.25, 0.3) is 106 Å². The normalized spacial score (nSPS) is 11.6. The van der Waals surface area contributed by atoms with Gasteiger partial charge in [-0.1, -0.05) is 140 Å². The van der Waals surface area contributed by atoms with Gasteiger partial charge in [-0.3, -0.25) is 0 Å². The molecule has 0 atom stereocenters. The van der Waals surface area contributed by atoms with Crippen molar-refractivity contribution in [3.8, 4) is 62.2 Å². The average Bonchev–Trinajstić information content (AvgIpc) is 3.86. The van der Waals surface area contributed by atoms with Crippen LogP contribution in [0.2, 0.25) is 0 Å². The van der Waals surface area contributed by atoms with Gasteiger partial charge < -0.3 is 8.98 Å². The van der Waals surface area contributed by atoms with Crippen molar-refractivity contribution in [3.63, 3.8) is 0 Å². The second kappa shape index (κ2) is 13.0. The zero-order valence-electron chi connectivity index (χ0n) is 30.2. The Balaban J connectivity index is 0.977. The summed E-state index contributed by atoms with van der Waals surface area (Å²) in [5, 5.41) is 4.74. The highest BCUT2D eigenvalue weighted by atomic mass is 16.3. The molecular weight excluding hydrogens is 685 g/mol. The standard InChI is InChI=1S/C51H32N4O/c1-3-11-35(12-4-1)45-32-46(53-50(52-45)37-13-5-2-6-14-37)36-22-19-33(20-23-36)38-24-21-34-25-27-41(30-40(34)29-38)55-47-17-9-7-15-42(47)43-28-26-39(31-48(43)55)51-54-44-16-8-10-18-49(44)56-51/h1-32H. The molecule has 3 aromatic heterocycles. The maximum atomic E-state index is 6.19. The molecule has 3 heterocycles. The van der Waals surface area contributed by atoms with Crippen LogP contribution in [0.15, 0.2) is 199 Å². The number of hydrogen-bond donors (Lipinski definition) is 0. The Morgan fingerprint density at radius 1 is 0.375 bits per heavy atom. The molecule has 11 rings (SSSR count). The molecule has 0 aliphatic heterocycles. The highest BCUT2D eigenvalue weighted by Crippen LogP contribution is 2.37. The first-order chi connectivity index (χ1) is 27.7. The topological polar surface area (TPSA) is 56.7 Å². The van der Waals surface area contributed by atoms with Gasteiger partial charge in [0.1, 0.15) is 5.52 Å². The zero-order chi connectivity index (χ0) is 37.0. The first-order valence-corrected chi connectivity index (χ1v) is 18.8. The van der Waals surface area contributed by atoms with Gasteiger partial charge in [-0.15, -0.1) is 0 Å². The van der Waals surface area contributed by atoms with Gasteiger partial charge in [0.15, 0.2) is 11.4 Å². The van der Waals surface area contributed by atoms with Crippen LogP contribution in [0.5, 0.6) is 0 Å². The first-order valence-electron chi connectivity index (χ1n) is 18.8. The van der Waals surface area contributed by atoms with Crippen LogP contribution in [0.4, 0.5) is 0 Å². The van der Waals surface area contributed by atoms with Crippen molar-refractivity contribution < 1.29 is 4.42 Å². The van der Waals surface area contributed by atoms with Crippen molar-refractivity contribution >= 4 is 43.7 Å². The largest absolute Gasteiger partial charge is 0.436 e. The quantitative estimate of drug-likeness (QED) is 0.172. The van der Waals surface area contributed by atoms with E-state index in [1.807, 2.05) is 60.7 Å². The lowest BCUT2D eigenvalue weighted by molar-refractivity contribution is 0.620. The third-order valence-electron chi connectivity index (χ3n) is 10.6. The molecule has 0 aliphatic carbocycles. The molecule has 56 heavy (non-hydrogen) atoms. The predicted octanol–water partition coefficient (Wildman–Crippen LogP) is 13.2. The molecule has 0 N–H and O–H groups in total. The summed E-state index contributed by atoms with van der Waals surface area (Å²) in [5.41, 5.74) is 13.1. The lowest BCUT2D eigenvalue weighted by Gasteiger charge is -2.12. The van der Waals surface area contributed by atoms with Crippen molar-refractivity contribution in [3.05, 3.63) is 194 Å². The van der Waals surface area contributed by atoms with E-state index in [9.17, 15) is 0 Å². The molecule has 0 spiro atoms. The lowest BCUT2D eigenvalue weighted by Crippen LogP contribution is -1.95. The summed E-state index contributed by atoms with van der Waals surface area (Å²) in [7, 11) is 0. The van der Waals surface area contributed by atoms with Crippen LogP contribution < -0.4 is 0 Å². The summed E-state index contributed by atoms with van der Waals surface area (Å²) >= 11 is 0. The fourth-order valence-corrected chi connectivity index (χ4v) is 7.83. The van der Waals surface area contributed by atoms with Gasteiger partial charge >= 0.3 is 0 Å². The van der Waals surface area contributed by atoms with Crippen molar-refractivity contribution in [1.82, 2.24) is 19.5 Å². The fraction of sp³-hybridized carbons (Fsp3) is 0. The molecule has 0 bridgehead atoms. The van der Waals surface area contributed by atoms with Crippen LogP contribution in [0, 0.1) is 0 Å². The molecule has 0 unspecified atom stereocenters. The SMILES string of the molecule is c1ccc(-c2cc(-c3ccc(-c4ccc5ccc(-n6c7ccccc7c7ccc(-c8nc9ccccc9o8)cc76)cc5c4)cc3)nc(-c3ccccc3)n2)cc1. The number of para-hydroxylation sites is 3. The van der Waals surface area contributed by atoms with Gasteiger partial charge in [-0.05, 0) is 76.5 Å². The minimum absolute atomic E-state index is 0.618. The van der Waals surface area contributed by atoms with E-state index in [1.54, 1.807) is 0 Å². The van der Waals surface area contributed by atoms with E-state index in [1.165, 1.54) is 21.5 Å². The van der Waals surface area contributed by atoms with E-state index in [-0.39, 0.29) is 0 Å². The molecule has 0 radical (unpaired) electrons. The smallest absolute Gasteiger partial charge is 0.227 e. The molecule has 11 aromatic rings. The summed E-state index contributed by atoms with van der Waals surface area (Å²) in [5.74, 6) is 1.33. The molecule has 0 fully saturated rings. The molecule has 5 nitrogen and oxygen atoms in total. The highest BCUT2D eigenvalue weighted by molar-refractivity contribution is 6.10. The summed E-state index contributed by atoms with van der Waals surface area (Å²) in [6, 6.07) is 67.7. The molecule has 5 heteroatoms. The molecular formula is C51H32N4O. The number of fused-ring (bicyclic) bond motifs is 5. The Morgan fingerprint density at radius 3 is 1.80 bits per heavy atom. The number of aromatic nitrogens is 4. The van der Waals surface area contributed by atoms with Crippen LogP contribution in [0.1, 0.15) is 0 Å². The van der Waals surface area contributed by atoms with Gasteiger partial charge in [0.05, 0.1) is 22.4 Å². The Hall–Kier alpha value is -7.63. The van der Waals surface area contributed by atoms with Gasteiger partial charge in [0, 0.05) is 38.7 Å². The Morgan fingerprint density at radius 2 is 1.00 bits per heavy atom. The maximum absolute atomic E-state index is 6.19. The third kappa shape index (κ3) is 5.53. The molecule has 0 saturated carbocycles. The number of nitrogens with zero attached hydrogens (tertiary/aromatic N) is 4. The van der Waals surface area contributed by atoms with E-state index >= 15 is 0 Å². The Bertz CT molecular complexity index is 3150. The summed E-state index contributed by atoms with van der Waals surface area (Å²) in [4.78, 5) is 14.8. The van der Waals surface area contributed by atoms with E-state index < -0.39 is 0 Å². The second-order valence-electron chi connectivity index (χ2n) is 14.1. The van der Waals surface area contributed by atoms with Crippen LogP contribution in [-0.2, 0) is 0 Å². The summed E-state index contributed by atoms with van der Waals surface area (Å²) in [6.45, 7) is 0. The zero-order valence-corrected chi connectivity index (χ0v) is 30.2. The average molecular weight is 717 g/mol. The van der Waals surface area contributed by atoms with Gasteiger partial charge in [0.25, 0.3) is 0 Å². The molecule has 262 valence electrons. The maximum Gasteiger partial charge on any atom is 0.227 e. The molecule has 0 aliphatic rings. The number of hydrogen-bond acceptors (Lipinski definition) is 4. The van der Waals surface area contributed by atoms with Gasteiger partial charge in [-0.2, -0.15) is 0 Å². The minimum atomic E-state index is 0.618. The van der Waals surface area contributed by atoms with E-state index in [0.29, 0.717) is 11.7 Å². The highest BCUT2D eigenvalue weighted by Gasteiger charge is 2.16. The first kappa shape index (κ1) is 31.9. The van der Waals surface area contributed by atoms with Crippen LogP contribution in [0.3, 0.4) is 0 Å². The predicted molar refractivity (Wildman–Crippen MR) is 229 cm³/mol. The second-order valence-corrected chi connectivity index (χ2v) is 14.1. The van der Waals surface area contributed by atoms with Crippen molar-refractivity contribution in [2.24, 2.45) is 0 Å². The minimum Gasteiger partial charge on any atom is -0.436 e. The lowest BCUT2D eigenvalue weighted by atomic mass is 9.99. The van der Waals surface area contributed by atoms with Gasteiger partial charge in [0.2, 0.25) is 5.89 Å². The molecule has 0 amide bonds. The fourth-order valence-electron chi connectivity index (χ4n) is 7.83. The van der Waals surface area contributed by atoms with Crippen molar-refractivity contribution in [2.45, 2.75) is 0 Å². The van der Waals surface area contributed by atoms with Crippen molar-refractivity contribution in [1.29, 1.82) is 0 Å².